The van der Waals surface area contributed by atoms with Gasteiger partial charge in [0, 0.05) is 6.42 Å². The third-order valence-corrected chi connectivity index (χ3v) is 4.64. The molecule has 0 saturated heterocycles. The van der Waals surface area contributed by atoms with E-state index in [4.69, 9.17) is 17.2 Å². The summed E-state index contributed by atoms with van der Waals surface area (Å²) < 4.78 is 0. The summed E-state index contributed by atoms with van der Waals surface area (Å²) in [6.45, 7) is 6.93. The zero-order valence-corrected chi connectivity index (χ0v) is 19.4. The molecule has 0 aromatic rings. The van der Waals surface area contributed by atoms with Crippen LogP contribution in [0.15, 0.2) is 0 Å². The van der Waals surface area contributed by atoms with Crippen molar-refractivity contribution in [2.75, 3.05) is 0 Å². The second-order valence-electron chi connectivity index (χ2n) is 8.60. The number of hydrogen-bond acceptors (Lipinski definition) is 7. The Bertz CT molecular complexity index is 740. The molecule has 0 aromatic carbocycles. The predicted octanol–water partition coefficient (Wildman–Crippen LogP) is -2.30. The lowest BCUT2D eigenvalue weighted by Gasteiger charge is -2.27. The Morgan fingerprint density at radius 2 is 1.33 bits per heavy atom. The lowest BCUT2D eigenvalue weighted by Crippen LogP contribution is -2.58. The molecule has 0 aliphatic rings. The first-order valence-electron chi connectivity index (χ1n) is 10.6. The summed E-state index contributed by atoms with van der Waals surface area (Å²) in [5.74, 6) is -5.50. The third-order valence-electron chi connectivity index (χ3n) is 4.64. The molecular weight excluding hydrogens is 436 g/mol. The maximum Gasteiger partial charge on any atom is 0.326 e. The normalized spacial score (nSPS) is 14.6. The van der Waals surface area contributed by atoms with Crippen molar-refractivity contribution in [3.8, 4) is 0 Å². The fraction of sp³-hybridized carbons (Fsp3) is 0.700. The second kappa shape index (κ2) is 14.0. The highest BCUT2D eigenvalue weighted by atomic mass is 16.4. The first kappa shape index (κ1) is 29.8. The Morgan fingerprint density at radius 3 is 1.76 bits per heavy atom. The van der Waals surface area contributed by atoms with Gasteiger partial charge in [0.05, 0.1) is 12.5 Å². The summed E-state index contributed by atoms with van der Waals surface area (Å²) in [7, 11) is 0. The summed E-state index contributed by atoms with van der Waals surface area (Å²) in [6.07, 6.45) is -0.676. The molecule has 0 fully saturated rings. The van der Waals surface area contributed by atoms with Gasteiger partial charge < -0.3 is 38.3 Å². The van der Waals surface area contributed by atoms with E-state index in [1.807, 2.05) is 0 Å². The largest absolute Gasteiger partial charge is 0.480 e. The molecule has 33 heavy (non-hydrogen) atoms. The Balaban J connectivity index is 5.45. The van der Waals surface area contributed by atoms with Crippen LogP contribution in [0.25, 0.3) is 0 Å². The molecule has 4 unspecified atom stereocenters. The van der Waals surface area contributed by atoms with Gasteiger partial charge in [0.15, 0.2) is 0 Å². The molecule has 13 nitrogen and oxygen atoms in total. The SMILES string of the molecule is CC(C)CC(NC(=O)C(NC(=O)C(N)CC(N)=O)C(C)C)C(=O)NC(CCC(N)=O)C(=O)O. The average molecular weight is 473 g/mol. The van der Waals surface area contributed by atoms with Crippen LogP contribution in [0.3, 0.4) is 0 Å². The first-order valence-corrected chi connectivity index (χ1v) is 10.6. The summed E-state index contributed by atoms with van der Waals surface area (Å²) in [6, 6.07) is -4.80. The monoisotopic (exact) mass is 472 g/mol. The minimum Gasteiger partial charge on any atom is -0.480 e. The van der Waals surface area contributed by atoms with E-state index in [-0.39, 0.29) is 25.2 Å². The van der Waals surface area contributed by atoms with Gasteiger partial charge in [-0.1, -0.05) is 27.7 Å². The van der Waals surface area contributed by atoms with Crippen molar-refractivity contribution in [2.24, 2.45) is 29.0 Å². The highest BCUT2D eigenvalue weighted by Gasteiger charge is 2.32. The maximum absolute atomic E-state index is 12.9. The maximum atomic E-state index is 12.9. The minimum absolute atomic E-state index is 0.0500. The van der Waals surface area contributed by atoms with Gasteiger partial charge in [0.1, 0.15) is 18.1 Å². The number of nitrogens with one attached hydrogen (secondary N) is 3. The van der Waals surface area contributed by atoms with Gasteiger partial charge in [0.2, 0.25) is 29.5 Å². The number of carbonyl (C=O) groups is 6. The van der Waals surface area contributed by atoms with Gasteiger partial charge in [-0.2, -0.15) is 0 Å². The number of carboxylic acid groups (broad SMARTS) is 1. The molecule has 0 spiro atoms. The summed E-state index contributed by atoms with van der Waals surface area (Å²) in [5.41, 5.74) is 15.7. The van der Waals surface area contributed by atoms with E-state index in [1.165, 1.54) is 0 Å². The van der Waals surface area contributed by atoms with Gasteiger partial charge in [-0.3, -0.25) is 24.0 Å². The number of hydrogen-bond donors (Lipinski definition) is 7. The van der Waals surface area contributed by atoms with Crippen LogP contribution in [0, 0.1) is 11.8 Å². The summed E-state index contributed by atoms with van der Waals surface area (Å²) in [5, 5.41) is 16.6. The molecule has 4 atom stereocenters. The van der Waals surface area contributed by atoms with Crippen molar-refractivity contribution in [1.82, 2.24) is 16.0 Å². The average Bonchev–Trinajstić information content (AvgIpc) is 2.66. The van der Waals surface area contributed by atoms with Crippen LogP contribution in [0.5, 0.6) is 0 Å². The second-order valence-corrected chi connectivity index (χ2v) is 8.60. The molecule has 0 aliphatic heterocycles. The predicted molar refractivity (Wildman–Crippen MR) is 118 cm³/mol. The van der Waals surface area contributed by atoms with Crippen LogP contribution in [0.2, 0.25) is 0 Å². The van der Waals surface area contributed by atoms with E-state index in [2.05, 4.69) is 16.0 Å². The van der Waals surface area contributed by atoms with E-state index in [9.17, 15) is 33.9 Å². The number of primary amides is 2. The van der Waals surface area contributed by atoms with Gasteiger partial charge in [-0.15, -0.1) is 0 Å². The zero-order valence-electron chi connectivity index (χ0n) is 19.4. The number of rotatable bonds is 15. The van der Waals surface area contributed by atoms with E-state index < -0.39 is 72.0 Å². The number of aliphatic carboxylic acids is 1. The number of carboxylic acids is 1. The standard InChI is InChI=1S/C20H36N6O7/c1-9(2)7-13(18(30)24-12(20(32)33)5-6-14(22)27)25-19(31)16(10(3)4)26-17(29)11(21)8-15(23)28/h9-13,16H,5-8,21H2,1-4H3,(H2,22,27)(H2,23,28)(H,24,30)(H,25,31)(H,26,29)(H,32,33). The Hall–Kier alpha value is -3.22. The molecule has 188 valence electrons. The van der Waals surface area contributed by atoms with Crippen LogP contribution in [-0.4, -0.2) is 64.8 Å². The summed E-state index contributed by atoms with van der Waals surface area (Å²) >= 11 is 0. The van der Waals surface area contributed by atoms with Crippen molar-refractivity contribution in [3.63, 3.8) is 0 Å². The lowest BCUT2D eigenvalue weighted by atomic mass is 9.99. The van der Waals surface area contributed by atoms with Crippen molar-refractivity contribution in [1.29, 1.82) is 0 Å². The van der Waals surface area contributed by atoms with Crippen molar-refractivity contribution in [2.45, 2.75) is 77.5 Å². The molecule has 0 rings (SSSR count). The van der Waals surface area contributed by atoms with Gasteiger partial charge in [-0.05, 0) is 24.7 Å². The molecule has 0 radical (unpaired) electrons. The lowest BCUT2D eigenvalue weighted by molar-refractivity contribution is -0.142. The molecule has 0 bridgehead atoms. The van der Waals surface area contributed by atoms with Crippen LogP contribution >= 0.6 is 0 Å². The van der Waals surface area contributed by atoms with Gasteiger partial charge in [-0.25, -0.2) is 4.79 Å². The Morgan fingerprint density at radius 1 is 0.788 bits per heavy atom. The molecule has 0 heterocycles. The molecular formula is C20H36N6O7. The zero-order chi connectivity index (χ0) is 25.9. The smallest absolute Gasteiger partial charge is 0.326 e. The van der Waals surface area contributed by atoms with Crippen LogP contribution in [0.4, 0.5) is 0 Å². The highest BCUT2D eigenvalue weighted by molar-refractivity contribution is 5.95. The van der Waals surface area contributed by atoms with E-state index in [0.29, 0.717) is 0 Å². The van der Waals surface area contributed by atoms with Crippen molar-refractivity contribution in [3.05, 3.63) is 0 Å². The Kier molecular flexibility index (Phi) is 12.7. The minimum atomic E-state index is -1.37. The fourth-order valence-electron chi connectivity index (χ4n) is 2.89. The molecule has 13 heteroatoms. The van der Waals surface area contributed by atoms with Crippen molar-refractivity contribution >= 4 is 35.5 Å². The van der Waals surface area contributed by atoms with Crippen LogP contribution in [-0.2, 0) is 28.8 Å². The van der Waals surface area contributed by atoms with Gasteiger partial charge in [0.25, 0.3) is 0 Å². The number of carbonyl (C=O) groups excluding carboxylic acids is 5. The summed E-state index contributed by atoms with van der Waals surface area (Å²) in [4.78, 5) is 71.2. The van der Waals surface area contributed by atoms with Crippen LogP contribution in [0.1, 0.15) is 53.4 Å². The van der Waals surface area contributed by atoms with Gasteiger partial charge >= 0.3 is 5.97 Å². The van der Waals surface area contributed by atoms with E-state index in [1.54, 1.807) is 27.7 Å². The third kappa shape index (κ3) is 11.8. The highest BCUT2D eigenvalue weighted by Crippen LogP contribution is 2.09. The van der Waals surface area contributed by atoms with E-state index in [0.717, 1.165) is 0 Å². The number of amides is 5. The molecule has 0 saturated carbocycles. The van der Waals surface area contributed by atoms with Crippen LogP contribution < -0.4 is 33.2 Å². The van der Waals surface area contributed by atoms with Crippen molar-refractivity contribution < 1.29 is 33.9 Å². The Labute approximate surface area is 192 Å². The molecule has 5 amide bonds. The quantitative estimate of drug-likeness (QED) is 0.136. The molecule has 0 aliphatic carbocycles. The van der Waals surface area contributed by atoms with E-state index >= 15 is 0 Å². The fourth-order valence-corrected chi connectivity index (χ4v) is 2.89. The first-order chi connectivity index (χ1) is 15.1. The number of nitrogens with two attached hydrogens (primary N) is 3. The molecule has 10 N–H and O–H groups in total. The topological polar surface area (TPSA) is 237 Å². The molecule has 0 aromatic heterocycles.